The second kappa shape index (κ2) is 3.46. The highest BCUT2D eigenvalue weighted by Crippen LogP contribution is 2.03. The van der Waals surface area contributed by atoms with Gasteiger partial charge >= 0.3 is 7.12 Å². The maximum atomic E-state index is 8.33. The van der Waals surface area contributed by atoms with Gasteiger partial charge in [-0.2, -0.15) is 0 Å². The zero-order valence-electron chi connectivity index (χ0n) is 4.13. The van der Waals surface area contributed by atoms with Crippen LogP contribution in [0.25, 0.3) is 0 Å². The number of hydrogen-bond donors (Lipinski definition) is 2. The fourth-order valence-electron chi connectivity index (χ4n) is 0.211. The molecule has 7 heavy (non-hydrogen) atoms. The third-order valence-electron chi connectivity index (χ3n) is 0.714. The molecule has 0 aliphatic heterocycles. The first-order valence-corrected chi connectivity index (χ1v) is 3.10. The Morgan fingerprint density at radius 1 is 1.71 bits per heavy atom. The van der Waals surface area contributed by atoms with Crippen molar-refractivity contribution in [2.45, 2.75) is 18.1 Å². The lowest BCUT2D eigenvalue weighted by molar-refractivity contribution is 0.402. The number of rotatable bonds is 2. The second-order valence-electron chi connectivity index (χ2n) is 1.34. The summed E-state index contributed by atoms with van der Waals surface area (Å²) in [4.78, 5) is 0. The van der Waals surface area contributed by atoms with Gasteiger partial charge in [0.25, 0.3) is 0 Å². The van der Waals surface area contributed by atoms with Crippen molar-refractivity contribution < 1.29 is 10.0 Å². The monoisotopic (exact) mass is 166 g/mol. The standard InChI is InChI=1S/C3H8BBrO2/c1-2-3(5)4(6)7/h3,6-7H,2H2,1H3. The smallest absolute Gasteiger partial charge is 0.426 e. The molecule has 2 nitrogen and oxygen atoms in total. The first-order chi connectivity index (χ1) is 3.18. The highest BCUT2D eigenvalue weighted by atomic mass is 79.9. The van der Waals surface area contributed by atoms with Crippen LogP contribution in [0.4, 0.5) is 0 Å². The van der Waals surface area contributed by atoms with E-state index in [1.165, 1.54) is 0 Å². The Kier molecular flexibility index (Phi) is 3.69. The summed E-state index contributed by atoms with van der Waals surface area (Å²) in [6.07, 6.45) is 0.734. The van der Waals surface area contributed by atoms with Crippen LogP contribution in [0.5, 0.6) is 0 Å². The van der Waals surface area contributed by atoms with Crippen molar-refractivity contribution in [2.24, 2.45) is 0 Å². The summed E-state index contributed by atoms with van der Waals surface area (Å²) >= 11 is 3.04. The van der Waals surface area contributed by atoms with Gasteiger partial charge in [0.2, 0.25) is 0 Å². The molecule has 0 rings (SSSR count). The van der Waals surface area contributed by atoms with Crippen molar-refractivity contribution in [3.63, 3.8) is 0 Å². The Morgan fingerprint density at radius 3 is 2.14 bits per heavy atom. The predicted molar refractivity (Wildman–Crippen MR) is 33.2 cm³/mol. The zero-order valence-corrected chi connectivity index (χ0v) is 5.72. The van der Waals surface area contributed by atoms with E-state index in [0.29, 0.717) is 0 Å². The summed E-state index contributed by atoms with van der Waals surface area (Å²) in [6.45, 7) is 1.87. The minimum Gasteiger partial charge on any atom is -0.426 e. The summed E-state index contributed by atoms with van der Waals surface area (Å²) in [6, 6.07) is 0. The molecule has 0 saturated heterocycles. The second-order valence-corrected chi connectivity index (χ2v) is 2.51. The maximum Gasteiger partial charge on any atom is 0.466 e. The first kappa shape index (κ1) is 7.46. The van der Waals surface area contributed by atoms with E-state index in [4.69, 9.17) is 10.0 Å². The van der Waals surface area contributed by atoms with Gasteiger partial charge in [-0.05, 0) is 6.42 Å². The van der Waals surface area contributed by atoms with E-state index in [-0.39, 0.29) is 4.73 Å². The Morgan fingerprint density at radius 2 is 2.14 bits per heavy atom. The molecule has 1 atom stereocenters. The molecular formula is C3H8BBrO2. The van der Waals surface area contributed by atoms with Gasteiger partial charge in [0.05, 0.1) is 0 Å². The molecule has 0 aliphatic carbocycles. The van der Waals surface area contributed by atoms with Crippen LogP contribution in [0, 0.1) is 0 Å². The van der Waals surface area contributed by atoms with Gasteiger partial charge in [-0.1, -0.05) is 22.9 Å². The highest BCUT2D eigenvalue weighted by molar-refractivity contribution is 9.10. The molecule has 4 heteroatoms. The van der Waals surface area contributed by atoms with Crippen LogP contribution in [0.1, 0.15) is 13.3 Å². The lowest BCUT2D eigenvalue weighted by atomic mass is 9.85. The van der Waals surface area contributed by atoms with E-state index in [1.807, 2.05) is 6.92 Å². The quantitative estimate of drug-likeness (QED) is 0.454. The van der Waals surface area contributed by atoms with Gasteiger partial charge in [-0.15, -0.1) is 0 Å². The molecule has 0 radical (unpaired) electrons. The van der Waals surface area contributed by atoms with Crippen LogP contribution in [-0.4, -0.2) is 21.9 Å². The molecular weight excluding hydrogens is 159 g/mol. The molecule has 1 unspecified atom stereocenters. The van der Waals surface area contributed by atoms with Gasteiger partial charge in [0.1, 0.15) is 0 Å². The Labute approximate surface area is 51.8 Å². The zero-order chi connectivity index (χ0) is 5.86. The Balaban J connectivity index is 3.14. The maximum absolute atomic E-state index is 8.33. The van der Waals surface area contributed by atoms with Gasteiger partial charge in [0, 0.05) is 4.73 Å². The number of alkyl halides is 1. The first-order valence-electron chi connectivity index (χ1n) is 2.18. The third-order valence-corrected chi connectivity index (χ3v) is 1.83. The van der Waals surface area contributed by atoms with Crippen molar-refractivity contribution in [1.82, 2.24) is 0 Å². The van der Waals surface area contributed by atoms with E-state index < -0.39 is 7.12 Å². The topological polar surface area (TPSA) is 40.5 Å². The van der Waals surface area contributed by atoms with Crippen LogP contribution in [0.2, 0.25) is 0 Å². The lowest BCUT2D eigenvalue weighted by Gasteiger charge is -2.00. The van der Waals surface area contributed by atoms with Crippen LogP contribution < -0.4 is 0 Å². The fraction of sp³-hybridized carbons (Fsp3) is 1.00. The molecule has 42 valence electrons. The van der Waals surface area contributed by atoms with E-state index >= 15 is 0 Å². The SMILES string of the molecule is CCC(Br)B(O)O. The lowest BCUT2D eigenvalue weighted by Crippen LogP contribution is -2.24. The van der Waals surface area contributed by atoms with Gasteiger partial charge < -0.3 is 10.0 Å². The molecule has 0 heterocycles. The summed E-state index contributed by atoms with van der Waals surface area (Å²) in [5, 5.41) is 16.7. The van der Waals surface area contributed by atoms with Crippen molar-refractivity contribution >= 4 is 23.0 Å². The highest BCUT2D eigenvalue weighted by Gasteiger charge is 2.16. The van der Waals surface area contributed by atoms with Crippen LogP contribution >= 0.6 is 15.9 Å². The van der Waals surface area contributed by atoms with E-state index in [1.54, 1.807) is 0 Å². The molecule has 0 aromatic carbocycles. The van der Waals surface area contributed by atoms with Crippen LogP contribution in [0.3, 0.4) is 0 Å². The molecule has 0 aromatic heterocycles. The normalized spacial score (nSPS) is 13.7. The van der Waals surface area contributed by atoms with Crippen molar-refractivity contribution in [3.05, 3.63) is 0 Å². The molecule has 0 bridgehead atoms. The van der Waals surface area contributed by atoms with Gasteiger partial charge in [-0.3, -0.25) is 0 Å². The van der Waals surface area contributed by atoms with E-state index in [2.05, 4.69) is 15.9 Å². The van der Waals surface area contributed by atoms with Crippen molar-refractivity contribution in [1.29, 1.82) is 0 Å². The van der Waals surface area contributed by atoms with Crippen LogP contribution in [-0.2, 0) is 0 Å². The molecule has 0 saturated carbocycles. The molecule has 0 aromatic rings. The van der Waals surface area contributed by atoms with Crippen molar-refractivity contribution in [2.75, 3.05) is 0 Å². The molecule has 0 spiro atoms. The molecule has 2 N–H and O–H groups in total. The fourth-order valence-corrected chi connectivity index (χ4v) is 0.211. The minimum atomic E-state index is -1.22. The van der Waals surface area contributed by atoms with Gasteiger partial charge in [-0.25, -0.2) is 0 Å². The predicted octanol–water partition coefficient (Wildman–Crippen LogP) is 0.172. The van der Waals surface area contributed by atoms with Gasteiger partial charge in [0.15, 0.2) is 0 Å². The Hall–Kier alpha value is 0.465. The van der Waals surface area contributed by atoms with Crippen molar-refractivity contribution in [3.8, 4) is 0 Å². The molecule has 0 fully saturated rings. The average molecular weight is 167 g/mol. The summed E-state index contributed by atoms with van der Waals surface area (Å²) in [7, 11) is -1.22. The molecule has 0 amide bonds. The summed E-state index contributed by atoms with van der Waals surface area (Å²) in [5.74, 6) is 0. The minimum absolute atomic E-state index is 0.174. The van der Waals surface area contributed by atoms with E-state index in [9.17, 15) is 0 Å². The average Bonchev–Trinajstić information content (AvgIpc) is 1.65. The van der Waals surface area contributed by atoms with Crippen LogP contribution in [0.15, 0.2) is 0 Å². The summed E-state index contributed by atoms with van der Waals surface area (Å²) < 4.78 is -0.174. The molecule has 0 aliphatic rings. The largest absolute Gasteiger partial charge is 0.466 e. The summed E-state index contributed by atoms with van der Waals surface area (Å²) in [5.41, 5.74) is 0. The Bertz CT molecular complexity index is 50.2. The number of halogens is 1. The van der Waals surface area contributed by atoms with E-state index in [0.717, 1.165) is 6.42 Å². The number of hydrogen-bond acceptors (Lipinski definition) is 2. The third kappa shape index (κ3) is 3.08.